The van der Waals surface area contributed by atoms with Crippen LogP contribution in [0.1, 0.15) is 24.8 Å². The molecule has 2 aliphatic rings. The molecule has 0 fully saturated rings. The maximum Gasteiger partial charge on any atom is 0.270 e. The first-order chi connectivity index (χ1) is 8.75. The van der Waals surface area contributed by atoms with Gasteiger partial charge in [-0.15, -0.1) is 0 Å². The van der Waals surface area contributed by atoms with E-state index in [4.69, 9.17) is 0 Å². The van der Waals surface area contributed by atoms with Crippen LogP contribution in [-0.4, -0.2) is 4.92 Å². The Morgan fingerprint density at radius 3 is 3.00 bits per heavy atom. The van der Waals surface area contributed by atoms with Gasteiger partial charge in [-0.2, -0.15) is 0 Å². The maximum absolute atomic E-state index is 10.8. The summed E-state index contributed by atoms with van der Waals surface area (Å²) in [4.78, 5) is 10.5. The van der Waals surface area contributed by atoms with Crippen molar-refractivity contribution in [1.82, 2.24) is 0 Å². The SMILES string of the molecule is O=[N+]([O-])c1cccc(C2=CCC3=C2CCC=C3)c1. The molecule has 0 bridgehead atoms. The molecule has 0 spiro atoms. The van der Waals surface area contributed by atoms with Gasteiger partial charge in [0.25, 0.3) is 5.69 Å². The summed E-state index contributed by atoms with van der Waals surface area (Å²) in [6, 6.07) is 6.91. The van der Waals surface area contributed by atoms with Crippen LogP contribution in [0, 0.1) is 10.1 Å². The predicted molar refractivity (Wildman–Crippen MR) is 71.1 cm³/mol. The third-order valence-corrected chi connectivity index (χ3v) is 3.49. The molecule has 0 aliphatic heterocycles. The third-order valence-electron chi connectivity index (χ3n) is 3.49. The monoisotopic (exact) mass is 239 g/mol. The highest BCUT2D eigenvalue weighted by atomic mass is 16.6. The first-order valence-corrected chi connectivity index (χ1v) is 6.09. The van der Waals surface area contributed by atoms with Gasteiger partial charge in [-0.3, -0.25) is 10.1 Å². The number of allylic oxidation sites excluding steroid dienone is 6. The average molecular weight is 239 g/mol. The molecule has 90 valence electrons. The molecule has 0 saturated carbocycles. The quantitative estimate of drug-likeness (QED) is 0.577. The fraction of sp³-hybridized carbons (Fsp3) is 0.200. The summed E-state index contributed by atoms with van der Waals surface area (Å²) < 4.78 is 0. The Labute approximate surface area is 105 Å². The fourth-order valence-electron chi connectivity index (χ4n) is 2.63. The van der Waals surface area contributed by atoms with Crippen LogP contribution >= 0.6 is 0 Å². The molecule has 0 amide bonds. The lowest BCUT2D eigenvalue weighted by atomic mass is 9.92. The molecule has 18 heavy (non-hydrogen) atoms. The molecular formula is C15H13NO2. The number of rotatable bonds is 2. The van der Waals surface area contributed by atoms with E-state index in [1.165, 1.54) is 22.8 Å². The van der Waals surface area contributed by atoms with E-state index in [9.17, 15) is 10.1 Å². The van der Waals surface area contributed by atoms with E-state index in [2.05, 4.69) is 18.2 Å². The van der Waals surface area contributed by atoms with Crippen LogP contribution in [0.5, 0.6) is 0 Å². The van der Waals surface area contributed by atoms with E-state index in [1.807, 2.05) is 6.07 Å². The van der Waals surface area contributed by atoms with Crippen LogP contribution < -0.4 is 0 Å². The van der Waals surface area contributed by atoms with E-state index in [-0.39, 0.29) is 10.6 Å². The van der Waals surface area contributed by atoms with Crippen molar-refractivity contribution in [3.8, 4) is 0 Å². The van der Waals surface area contributed by atoms with Gasteiger partial charge < -0.3 is 0 Å². The molecule has 0 saturated heterocycles. The minimum absolute atomic E-state index is 0.161. The van der Waals surface area contributed by atoms with Crippen LogP contribution in [0.3, 0.4) is 0 Å². The van der Waals surface area contributed by atoms with Gasteiger partial charge in [0.1, 0.15) is 0 Å². The van der Waals surface area contributed by atoms with Crippen LogP contribution in [0.4, 0.5) is 5.69 Å². The summed E-state index contributed by atoms with van der Waals surface area (Å²) in [5.41, 5.74) is 5.03. The molecule has 0 radical (unpaired) electrons. The number of hydrogen-bond donors (Lipinski definition) is 0. The summed E-state index contributed by atoms with van der Waals surface area (Å²) in [6.07, 6.45) is 9.61. The van der Waals surface area contributed by atoms with Crippen molar-refractivity contribution >= 4 is 11.3 Å². The zero-order valence-corrected chi connectivity index (χ0v) is 9.93. The van der Waals surface area contributed by atoms with Crippen molar-refractivity contribution in [2.45, 2.75) is 19.3 Å². The molecule has 0 heterocycles. The smallest absolute Gasteiger partial charge is 0.258 e. The van der Waals surface area contributed by atoms with Gasteiger partial charge in [0.05, 0.1) is 4.92 Å². The van der Waals surface area contributed by atoms with Crippen LogP contribution in [0.15, 0.2) is 53.6 Å². The van der Waals surface area contributed by atoms with Crippen molar-refractivity contribution in [2.75, 3.05) is 0 Å². The minimum atomic E-state index is -0.338. The third kappa shape index (κ3) is 1.78. The lowest BCUT2D eigenvalue weighted by molar-refractivity contribution is -0.384. The summed E-state index contributed by atoms with van der Waals surface area (Å²) in [6.45, 7) is 0. The predicted octanol–water partition coefficient (Wildman–Crippen LogP) is 4.03. The standard InChI is InChI=1S/C15H13NO2/c17-16(18)13-6-3-5-12(10-13)15-9-8-11-4-1-2-7-14(11)15/h1,3-6,9-10H,2,7-8H2. The second-order valence-corrected chi connectivity index (χ2v) is 4.57. The van der Waals surface area contributed by atoms with Gasteiger partial charge in [-0.05, 0) is 41.5 Å². The second kappa shape index (κ2) is 4.26. The minimum Gasteiger partial charge on any atom is -0.258 e. The average Bonchev–Trinajstić information content (AvgIpc) is 2.82. The van der Waals surface area contributed by atoms with Gasteiger partial charge in [-0.25, -0.2) is 0 Å². The van der Waals surface area contributed by atoms with Crippen LogP contribution in [-0.2, 0) is 0 Å². The van der Waals surface area contributed by atoms with Gasteiger partial charge in [0.2, 0.25) is 0 Å². The molecule has 1 aromatic carbocycles. The lowest BCUT2D eigenvalue weighted by Crippen LogP contribution is -1.94. The molecule has 0 N–H and O–H groups in total. The highest BCUT2D eigenvalue weighted by Gasteiger charge is 2.20. The molecule has 0 unspecified atom stereocenters. The van der Waals surface area contributed by atoms with Gasteiger partial charge in [0, 0.05) is 12.1 Å². The Bertz CT molecular complexity index is 609. The van der Waals surface area contributed by atoms with Gasteiger partial charge in [-0.1, -0.05) is 30.4 Å². The van der Waals surface area contributed by atoms with Gasteiger partial charge >= 0.3 is 0 Å². The molecule has 3 heteroatoms. The number of hydrogen-bond acceptors (Lipinski definition) is 2. The Morgan fingerprint density at radius 1 is 1.28 bits per heavy atom. The summed E-state index contributed by atoms with van der Waals surface area (Å²) in [7, 11) is 0. The largest absolute Gasteiger partial charge is 0.270 e. The normalized spacial score (nSPS) is 17.7. The molecule has 0 atom stereocenters. The number of nitrogens with zero attached hydrogens (tertiary/aromatic N) is 1. The Balaban J connectivity index is 2.01. The number of nitro groups is 1. The summed E-state index contributed by atoms with van der Waals surface area (Å²) >= 11 is 0. The lowest BCUT2D eigenvalue weighted by Gasteiger charge is -2.12. The number of nitro benzene ring substituents is 1. The van der Waals surface area contributed by atoms with Crippen molar-refractivity contribution in [1.29, 1.82) is 0 Å². The molecule has 3 nitrogen and oxygen atoms in total. The maximum atomic E-state index is 10.8. The molecule has 0 aromatic heterocycles. The summed E-state index contributed by atoms with van der Waals surface area (Å²) in [5.74, 6) is 0. The Kier molecular flexibility index (Phi) is 2.59. The number of benzene rings is 1. The van der Waals surface area contributed by atoms with Crippen molar-refractivity contribution in [3.05, 3.63) is 69.3 Å². The van der Waals surface area contributed by atoms with Crippen molar-refractivity contribution in [2.24, 2.45) is 0 Å². The van der Waals surface area contributed by atoms with E-state index < -0.39 is 0 Å². The van der Waals surface area contributed by atoms with Crippen LogP contribution in [0.2, 0.25) is 0 Å². The first-order valence-electron chi connectivity index (χ1n) is 6.09. The first kappa shape index (κ1) is 11.0. The molecule has 1 aromatic rings. The Hall–Kier alpha value is -2.16. The molecule has 2 aliphatic carbocycles. The van der Waals surface area contributed by atoms with Crippen molar-refractivity contribution < 1.29 is 4.92 Å². The highest BCUT2D eigenvalue weighted by molar-refractivity contribution is 5.84. The zero-order chi connectivity index (χ0) is 12.5. The van der Waals surface area contributed by atoms with Crippen molar-refractivity contribution in [3.63, 3.8) is 0 Å². The fourth-order valence-corrected chi connectivity index (χ4v) is 2.63. The summed E-state index contributed by atoms with van der Waals surface area (Å²) in [5, 5.41) is 10.8. The van der Waals surface area contributed by atoms with E-state index in [0.29, 0.717) is 0 Å². The molecular weight excluding hydrogens is 226 g/mol. The van der Waals surface area contributed by atoms with E-state index >= 15 is 0 Å². The highest BCUT2D eigenvalue weighted by Crippen LogP contribution is 2.39. The van der Waals surface area contributed by atoms with Crippen LogP contribution in [0.25, 0.3) is 5.57 Å². The number of non-ortho nitro benzene ring substituents is 1. The van der Waals surface area contributed by atoms with E-state index in [1.54, 1.807) is 12.1 Å². The topological polar surface area (TPSA) is 43.1 Å². The Morgan fingerprint density at radius 2 is 2.17 bits per heavy atom. The molecule has 3 rings (SSSR count). The van der Waals surface area contributed by atoms with E-state index in [0.717, 1.165) is 24.8 Å². The zero-order valence-electron chi connectivity index (χ0n) is 9.93. The van der Waals surface area contributed by atoms with Gasteiger partial charge in [0.15, 0.2) is 0 Å². The second-order valence-electron chi connectivity index (χ2n) is 4.57.